The first-order valence-corrected chi connectivity index (χ1v) is 7.03. The van der Waals surface area contributed by atoms with Gasteiger partial charge in [-0.25, -0.2) is 9.07 Å². The second kappa shape index (κ2) is 5.61. The zero-order valence-electron chi connectivity index (χ0n) is 10.8. The van der Waals surface area contributed by atoms with E-state index in [1.54, 1.807) is 23.0 Å². The lowest BCUT2D eigenvalue weighted by Crippen LogP contribution is -1.95. The second-order valence-corrected chi connectivity index (χ2v) is 5.39. The first-order chi connectivity index (χ1) is 10.2. The molecule has 0 saturated carbocycles. The van der Waals surface area contributed by atoms with Gasteiger partial charge in [0.15, 0.2) is 6.29 Å². The van der Waals surface area contributed by atoms with Gasteiger partial charge in [0.05, 0.1) is 5.69 Å². The molecule has 0 amide bonds. The van der Waals surface area contributed by atoms with Gasteiger partial charge >= 0.3 is 0 Å². The molecule has 1 heterocycles. The van der Waals surface area contributed by atoms with E-state index in [9.17, 15) is 9.18 Å². The first-order valence-electron chi connectivity index (χ1n) is 6.24. The van der Waals surface area contributed by atoms with Crippen molar-refractivity contribution in [2.45, 2.75) is 0 Å². The van der Waals surface area contributed by atoms with Crippen molar-refractivity contribution in [3.05, 3.63) is 70.7 Å². The van der Waals surface area contributed by atoms with Crippen LogP contribution in [0.1, 0.15) is 10.5 Å². The fourth-order valence-electron chi connectivity index (χ4n) is 2.05. The molecule has 3 rings (SSSR count). The minimum Gasteiger partial charge on any atom is -0.296 e. The molecule has 2 aromatic carbocycles. The van der Waals surface area contributed by atoms with Crippen LogP contribution in [-0.2, 0) is 0 Å². The van der Waals surface area contributed by atoms with E-state index in [1.807, 2.05) is 24.3 Å². The Morgan fingerprint density at radius 1 is 1.05 bits per heavy atom. The highest BCUT2D eigenvalue weighted by molar-refractivity contribution is 9.10. The molecule has 0 aliphatic rings. The summed E-state index contributed by atoms with van der Waals surface area (Å²) in [6, 6.07) is 13.6. The van der Waals surface area contributed by atoms with Crippen LogP contribution in [0.15, 0.2) is 59.2 Å². The number of halogens is 2. The summed E-state index contributed by atoms with van der Waals surface area (Å²) in [5, 5.41) is 4.27. The average Bonchev–Trinajstić information content (AvgIpc) is 2.93. The van der Waals surface area contributed by atoms with Crippen molar-refractivity contribution in [1.82, 2.24) is 9.78 Å². The molecule has 0 fully saturated rings. The summed E-state index contributed by atoms with van der Waals surface area (Å²) in [6.45, 7) is 0. The van der Waals surface area contributed by atoms with Gasteiger partial charge in [-0.15, -0.1) is 0 Å². The Kier molecular flexibility index (Phi) is 3.66. The van der Waals surface area contributed by atoms with Crippen LogP contribution in [0.25, 0.3) is 16.8 Å². The quantitative estimate of drug-likeness (QED) is 0.665. The lowest BCUT2D eigenvalue weighted by Gasteiger charge is -2.00. The fraction of sp³-hybridized carbons (Fsp3) is 0. The van der Waals surface area contributed by atoms with Crippen molar-refractivity contribution in [2.24, 2.45) is 0 Å². The molecule has 0 bridgehead atoms. The molecule has 0 spiro atoms. The van der Waals surface area contributed by atoms with E-state index in [0.717, 1.165) is 15.7 Å². The van der Waals surface area contributed by atoms with E-state index in [4.69, 9.17) is 0 Å². The smallest absolute Gasteiger partial charge is 0.170 e. The highest BCUT2D eigenvalue weighted by Crippen LogP contribution is 2.24. The van der Waals surface area contributed by atoms with Crippen molar-refractivity contribution in [3.63, 3.8) is 0 Å². The summed E-state index contributed by atoms with van der Waals surface area (Å²) in [7, 11) is 0. The number of benzene rings is 2. The Morgan fingerprint density at radius 3 is 2.33 bits per heavy atom. The fourth-order valence-corrected chi connectivity index (χ4v) is 2.32. The van der Waals surface area contributed by atoms with Crippen LogP contribution in [0.5, 0.6) is 0 Å². The van der Waals surface area contributed by atoms with Crippen LogP contribution in [0.3, 0.4) is 0 Å². The third-order valence-corrected chi connectivity index (χ3v) is 3.63. The van der Waals surface area contributed by atoms with Crippen molar-refractivity contribution < 1.29 is 9.18 Å². The van der Waals surface area contributed by atoms with Crippen LogP contribution in [-0.4, -0.2) is 16.1 Å². The molecule has 3 nitrogen and oxygen atoms in total. The molecule has 0 saturated heterocycles. The third-order valence-electron chi connectivity index (χ3n) is 3.10. The maximum Gasteiger partial charge on any atom is 0.170 e. The van der Waals surface area contributed by atoms with E-state index < -0.39 is 0 Å². The number of carbonyl (C=O) groups is 1. The normalized spacial score (nSPS) is 10.6. The second-order valence-electron chi connectivity index (χ2n) is 4.47. The summed E-state index contributed by atoms with van der Waals surface area (Å²) < 4.78 is 15.6. The summed E-state index contributed by atoms with van der Waals surface area (Å²) in [6.07, 6.45) is 2.47. The van der Waals surface area contributed by atoms with Crippen LogP contribution >= 0.6 is 15.9 Å². The van der Waals surface area contributed by atoms with Crippen LogP contribution in [0.4, 0.5) is 4.39 Å². The Bertz CT molecular complexity index is 779. The Labute approximate surface area is 129 Å². The van der Waals surface area contributed by atoms with Crippen molar-refractivity contribution >= 4 is 22.2 Å². The van der Waals surface area contributed by atoms with Crippen molar-refractivity contribution in [2.75, 3.05) is 0 Å². The van der Waals surface area contributed by atoms with Gasteiger partial charge in [0.2, 0.25) is 0 Å². The molecule has 3 aromatic rings. The van der Waals surface area contributed by atoms with Gasteiger partial charge in [-0.05, 0) is 42.0 Å². The first kappa shape index (κ1) is 13.7. The monoisotopic (exact) mass is 344 g/mol. The Morgan fingerprint density at radius 2 is 1.71 bits per heavy atom. The molecule has 5 heteroatoms. The predicted octanol–water partition coefficient (Wildman–Crippen LogP) is 4.25. The van der Waals surface area contributed by atoms with Gasteiger partial charge < -0.3 is 0 Å². The van der Waals surface area contributed by atoms with E-state index in [-0.39, 0.29) is 5.82 Å². The molecule has 0 N–H and O–H groups in total. The molecular formula is C16H10BrFN2O. The summed E-state index contributed by atoms with van der Waals surface area (Å²) in [5.41, 5.74) is 2.59. The largest absolute Gasteiger partial charge is 0.296 e. The van der Waals surface area contributed by atoms with Gasteiger partial charge in [0.25, 0.3) is 0 Å². The number of rotatable bonds is 3. The Hall–Kier alpha value is -2.27. The number of hydrogen-bond acceptors (Lipinski definition) is 2. The topological polar surface area (TPSA) is 34.9 Å². The SMILES string of the molecule is O=Cc1nn(-c2ccc(Br)cc2)cc1-c1ccc(F)cc1. The van der Waals surface area contributed by atoms with E-state index in [2.05, 4.69) is 21.0 Å². The summed E-state index contributed by atoms with van der Waals surface area (Å²) in [4.78, 5) is 11.2. The van der Waals surface area contributed by atoms with Gasteiger partial charge in [-0.3, -0.25) is 4.79 Å². The molecular weight excluding hydrogens is 335 g/mol. The molecule has 0 atom stereocenters. The van der Waals surface area contributed by atoms with E-state index >= 15 is 0 Å². The van der Waals surface area contributed by atoms with Crippen LogP contribution in [0.2, 0.25) is 0 Å². The molecule has 104 valence electrons. The zero-order valence-corrected chi connectivity index (χ0v) is 12.4. The maximum atomic E-state index is 13.0. The van der Waals surface area contributed by atoms with Gasteiger partial charge in [-0.2, -0.15) is 5.10 Å². The lowest BCUT2D eigenvalue weighted by molar-refractivity contribution is 0.111. The standard InChI is InChI=1S/C16H10BrFN2O/c17-12-3-7-14(8-4-12)20-9-15(16(10-21)19-20)11-1-5-13(18)6-2-11/h1-10H. The Balaban J connectivity index is 2.08. The van der Waals surface area contributed by atoms with Gasteiger partial charge in [-0.1, -0.05) is 28.1 Å². The minimum absolute atomic E-state index is 0.313. The molecule has 21 heavy (non-hydrogen) atoms. The molecule has 0 unspecified atom stereocenters. The highest BCUT2D eigenvalue weighted by atomic mass is 79.9. The number of nitrogens with zero attached hydrogens (tertiary/aromatic N) is 2. The van der Waals surface area contributed by atoms with E-state index in [1.165, 1.54) is 12.1 Å². The van der Waals surface area contributed by atoms with Crippen LogP contribution in [0, 0.1) is 5.82 Å². The lowest BCUT2D eigenvalue weighted by atomic mass is 10.1. The summed E-state index contributed by atoms with van der Waals surface area (Å²) >= 11 is 3.37. The average molecular weight is 345 g/mol. The third kappa shape index (κ3) is 2.78. The highest BCUT2D eigenvalue weighted by Gasteiger charge is 2.11. The number of carbonyl (C=O) groups excluding carboxylic acids is 1. The number of aromatic nitrogens is 2. The van der Waals surface area contributed by atoms with Gasteiger partial charge in [0.1, 0.15) is 11.5 Å². The molecule has 0 aliphatic heterocycles. The predicted molar refractivity (Wildman–Crippen MR) is 82.0 cm³/mol. The number of aldehydes is 1. The van der Waals surface area contributed by atoms with Crippen molar-refractivity contribution in [1.29, 1.82) is 0 Å². The van der Waals surface area contributed by atoms with Crippen molar-refractivity contribution in [3.8, 4) is 16.8 Å². The molecule has 0 radical (unpaired) electrons. The van der Waals surface area contributed by atoms with Gasteiger partial charge in [0, 0.05) is 16.2 Å². The van der Waals surface area contributed by atoms with Crippen LogP contribution < -0.4 is 0 Å². The molecule has 1 aromatic heterocycles. The molecule has 0 aliphatic carbocycles. The zero-order chi connectivity index (χ0) is 14.8. The summed E-state index contributed by atoms with van der Waals surface area (Å²) in [5.74, 6) is -0.313. The number of hydrogen-bond donors (Lipinski definition) is 0. The van der Waals surface area contributed by atoms with E-state index in [0.29, 0.717) is 17.5 Å². The minimum atomic E-state index is -0.313. The maximum absolute atomic E-state index is 13.0.